The highest BCUT2D eigenvalue weighted by molar-refractivity contribution is 7.85. The summed E-state index contributed by atoms with van der Waals surface area (Å²) in [5, 5.41) is 0.528. The molecular formula is C3H3N3S. The highest BCUT2D eigenvalue weighted by Crippen LogP contribution is 1.94. The average Bonchev–Trinajstić information content (AvgIpc) is 2.14. The normalized spacial score (nSPS) is 8.43. The summed E-state index contributed by atoms with van der Waals surface area (Å²) < 4.78 is 8.25. The minimum Gasteiger partial charge on any atom is -0.334 e. The van der Waals surface area contributed by atoms with Crippen molar-refractivity contribution in [3.05, 3.63) is 12.4 Å². The van der Waals surface area contributed by atoms with E-state index < -0.39 is 0 Å². The molecule has 0 spiro atoms. The molecule has 1 aromatic rings. The van der Waals surface area contributed by atoms with Gasteiger partial charge in [-0.15, -0.1) is 0 Å². The summed E-state index contributed by atoms with van der Waals surface area (Å²) in [4.78, 5) is 6.38. The van der Waals surface area contributed by atoms with E-state index in [9.17, 15) is 0 Å². The Balaban J connectivity index is 3.04. The molecule has 0 bridgehead atoms. The van der Waals surface area contributed by atoms with Crippen molar-refractivity contribution in [1.82, 2.24) is 9.97 Å². The van der Waals surface area contributed by atoms with Gasteiger partial charge in [-0.05, 0) is 0 Å². The smallest absolute Gasteiger partial charge is 0.220 e. The van der Waals surface area contributed by atoms with Gasteiger partial charge >= 0.3 is 0 Å². The number of aromatic nitrogens is 2. The molecule has 0 aromatic carbocycles. The van der Waals surface area contributed by atoms with Gasteiger partial charge in [-0.2, -0.15) is 4.61 Å². The molecule has 36 valence electrons. The van der Waals surface area contributed by atoms with E-state index in [1.54, 1.807) is 12.4 Å². The topological polar surface area (TPSA) is 52.5 Å². The first kappa shape index (κ1) is 4.30. The Morgan fingerprint density at radius 3 is 3.00 bits per heavy atom. The molecule has 0 aliphatic heterocycles. The SMILES string of the molecule is N#Sc1ncc[nH]1. The fourth-order valence-electron chi connectivity index (χ4n) is 0.301. The second-order valence-corrected chi connectivity index (χ2v) is 1.55. The molecule has 0 amide bonds. The number of hydrogen-bond donors (Lipinski definition) is 1. The molecule has 1 aromatic heterocycles. The van der Waals surface area contributed by atoms with Crippen LogP contribution >= 0.6 is 11.4 Å². The Bertz CT molecular complexity index is 173. The molecule has 0 unspecified atom stereocenters. The number of hydrogen-bond acceptors (Lipinski definition) is 2. The van der Waals surface area contributed by atoms with Gasteiger partial charge in [0.2, 0.25) is 5.16 Å². The minimum absolute atomic E-state index is 0.528. The second kappa shape index (κ2) is 1.73. The molecule has 1 N–H and O–H groups in total. The molecule has 0 aliphatic rings. The van der Waals surface area contributed by atoms with Gasteiger partial charge in [0, 0.05) is 12.4 Å². The molecule has 0 aliphatic carbocycles. The zero-order chi connectivity index (χ0) is 5.11. The molecule has 0 radical (unpaired) electrons. The summed E-state index contributed by atoms with van der Waals surface area (Å²) in [6.45, 7) is 0. The number of nitrogens with one attached hydrogen (secondary N) is 1. The third-order valence-corrected chi connectivity index (χ3v) is 0.956. The molecule has 0 saturated carbocycles. The molecule has 3 nitrogen and oxygen atoms in total. The fourth-order valence-corrected chi connectivity index (χ4v) is 0.529. The standard InChI is InChI=1S/C3H3N3S/c4-7-3-5-1-2-6-3/h1-2H,(H,5,6). The van der Waals surface area contributed by atoms with Crippen LogP contribution in [-0.2, 0) is 0 Å². The van der Waals surface area contributed by atoms with E-state index in [1.807, 2.05) is 0 Å². The number of imidazole rings is 1. The van der Waals surface area contributed by atoms with E-state index >= 15 is 0 Å². The predicted molar refractivity (Wildman–Crippen MR) is 26.2 cm³/mol. The van der Waals surface area contributed by atoms with Crippen LogP contribution in [0.2, 0.25) is 0 Å². The van der Waals surface area contributed by atoms with Gasteiger partial charge in [-0.25, -0.2) is 4.98 Å². The lowest BCUT2D eigenvalue weighted by Crippen LogP contribution is -1.60. The van der Waals surface area contributed by atoms with E-state index in [1.165, 1.54) is 0 Å². The zero-order valence-corrected chi connectivity index (χ0v) is 4.27. The summed E-state index contributed by atoms with van der Waals surface area (Å²) in [7, 11) is 0. The van der Waals surface area contributed by atoms with Crippen LogP contribution in [0.15, 0.2) is 17.6 Å². The summed E-state index contributed by atoms with van der Waals surface area (Å²) in [5.74, 6) is 0. The Labute approximate surface area is 44.4 Å². The van der Waals surface area contributed by atoms with Crippen LogP contribution in [0.25, 0.3) is 0 Å². The van der Waals surface area contributed by atoms with Crippen LogP contribution < -0.4 is 0 Å². The van der Waals surface area contributed by atoms with E-state index in [2.05, 4.69) is 9.97 Å². The summed E-state index contributed by atoms with van der Waals surface area (Å²) >= 11 is 0.609. The van der Waals surface area contributed by atoms with Crippen molar-refractivity contribution in [3.63, 3.8) is 0 Å². The van der Waals surface area contributed by atoms with Crippen molar-refractivity contribution in [3.8, 4) is 0 Å². The Hall–Kier alpha value is -0.860. The van der Waals surface area contributed by atoms with E-state index in [0.717, 1.165) is 0 Å². The van der Waals surface area contributed by atoms with Crippen LogP contribution in [0.4, 0.5) is 0 Å². The fraction of sp³-hybridized carbons (Fsp3) is 0. The number of H-pyrrole nitrogens is 1. The van der Waals surface area contributed by atoms with Gasteiger partial charge in [0.05, 0.1) is 0 Å². The highest BCUT2D eigenvalue weighted by atomic mass is 32.1. The molecule has 0 fully saturated rings. The lowest BCUT2D eigenvalue weighted by Gasteiger charge is -1.65. The largest absolute Gasteiger partial charge is 0.334 e. The van der Waals surface area contributed by atoms with Gasteiger partial charge in [0.1, 0.15) is 11.4 Å². The second-order valence-electron chi connectivity index (χ2n) is 0.986. The van der Waals surface area contributed by atoms with Crippen LogP contribution in [-0.4, -0.2) is 9.97 Å². The Morgan fingerprint density at radius 1 is 1.86 bits per heavy atom. The van der Waals surface area contributed by atoms with Crippen LogP contribution in [0.5, 0.6) is 0 Å². The van der Waals surface area contributed by atoms with Crippen LogP contribution in [0, 0.1) is 4.61 Å². The number of nitrogens with zero attached hydrogens (tertiary/aromatic N) is 2. The monoisotopic (exact) mass is 113 g/mol. The van der Waals surface area contributed by atoms with Crippen molar-refractivity contribution >= 4 is 11.4 Å². The summed E-state index contributed by atoms with van der Waals surface area (Å²) in [6, 6.07) is 0. The maximum absolute atomic E-state index is 8.25. The van der Waals surface area contributed by atoms with Crippen LogP contribution in [0.3, 0.4) is 0 Å². The predicted octanol–water partition coefficient (Wildman–Crippen LogP) is 0.981. The molecule has 0 saturated heterocycles. The molecular weight excluding hydrogens is 110 g/mol. The minimum atomic E-state index is 0.528. The lowest BCUT2D eigenvalue weighted by atomic mass is 11.0. The van der Waals surface area contributed by atoms with E-state index in [0.29, 0.717) is 16.5 Å². The van der Waals surface area contributed by atoms with Gasteiger partial charge in [0.15, 0.2) is 0 Å². The van der Waals surface area contributed by atoms with Crippen LogP contribution in [0.1, 0.15) is 0 Å². The van der Waals surface area contributed by atoms with Crippen molar-refractivity contribution in [2.45, 2.75) is 5.16 Å². The Kier molecular flexibility index (Phi) is 1.06. The van der Waals surface area contributed by atoms with E-state index in [-0.39, 0.29) is 0 Å². The highest BCUT2D eigenvalue weighted by Gasteiger charge is 1.82. The average molecular weight is 113 g/mol. The molecule has 1 rings (SSSR count). The quantitative estimate of drug-likeness (QED) is 0.545. The maximum atomic E-state index is 8.25. The van der Waals surface area contributed by atoms with Crippen molar-refractivity contribution < 1.29 is 0 Å². The van der Waals surface area contributed by atoms with Gasteiger partial charge < -0.3 is 4.98 Å². The summed E-state index contributed by atoms with van der Waals surface area (Å²) in [5.41, 5.74) is 0. The van der Waals surface area contributed by atoms with Crippen molar-refractivity contribution in [1.29, 1.82) is 4.61 Å². The number of aromatic amines is 1. The zero-order valence-electron chi connectivity index (χ0n) is 3.46. The molecule has 4 heteroatoms. The van der Waals surface area contributed by atoms with Crippen molar-refractivity contribution in [2.75, 3.05) is 0 Å². The third-order valence-electron chi connectivity index (χ3n) is 0.560. The number of rotatable bonds is 0. The maximum Gasteiger partial charge on any atom is 0.220 e. The first-order valence-corrected chi connectivity index (χ1v) is 2.51. The van der Waals surface area contributed by atoms with Gasteiger partial charge in [0.25, 0.3) is 0 Å². The Morgan fingerprint density at radius 2 is 2.71 bits per heavy atom. The first-order valence-electron chi connectivity index (χ1n) is 1.74. The summed E-state index contributed by atoms with van der Waals surface area (Å²) in [6.07, 6.45) is 3.23. The van der Waals surface area contributed by atoms with Crippen molar-refractivity contribution in [2.24, 2.45) is 0 Å². The lowest BCUT2D eigenvalue weighted by molar-refractivity contribution is 1.06. The first-order chi connectivity index (χ1) is 3.43. The van der Waals surface area contributed by atoms with E-state index in [4.69, 9.17) is 4.61 Å². The van der Waals surface area contributed by atoms with Gasteiger partial charge in [-0.1, -0.05) is 0 Å². The molecule has 0 atom stereocenters. The van der Waals surface area contributed by atoms with Gasteiger partial charge in [-0.3, -0.25) is 0 Å². The molecule has 1 heterocycles. The third kappa shape index (κ3) is 0.765. The molecule has 7 heavy (non-hydrogen) atoms.